The van der Waals surface area contributed by atoms with Crippen molar-refractivity contribution in [1.82, 2.24) is 29.8 Å². The van der Waals surface area contributed by atoms with Crippen molar-refractivity contribution in [2.45, 2.75) is 44.4 Å². The van der Waals surface area contributed by atoms with Gasteiger partial charge in [0.15, 0.2) is 0 Å². The second kappa shape index (κ2) is 6.25. The molecule has 24 heavy (non-hydrogen) atoms. The standard InChI is InChI=1S/C16H22F2N6/c17-16(18)3-6-22(12-16)10-14-2-5-24-15(1-4-21-24)11-23(14)9-13-7-19-20-8-13/h1,4,7-8,14H,2-3,5-6,9-12H2,(H,19,20)/t14-/m1/s1. The van der Waals surface area contributed by atoms with Crippen LogP contribution in [-0.4, -0.2) is 61.4 Å². The topological polar surface area (TPSA) is 53.0 Å². The molecule has 130 valence electrons. The van der Waals surface area contributed by atoms with Crippen LogP contribution in [0.4, 0.5) is 8.78 Å². The first-order valence-electron chi connectivity index (χ1n) is 8.42. The van der Waals surface area contributed by atoms with Crippen LogP contribution in [0, 0.1) is 0 Å². The Morgan fingerprint density at radius 2 is 2.25 bits per heavy atom. The second-order valence-corrected chi connectivity index (χ2v) is 6.84. The molecule has 4 rings (SSSR count). The van der Waals surface area contributed by atoms with E-state index in [-0.39, 0.29) is 19.0 Å². The molecule has 0 radical (unpaired) electrons. The molecule has 0 saturated carbocycles. The zero-order valence-corrected chi connectivity index (χ0v) is 13.5. The molecule has 2 aromatic heterocycles. The lowest BCUT2D eigenvalue weighted by atomic mass is 10.1. The first-order chi connectivity index (χ1) is 11.6. The number of rotatable bonds is 4. The molecule has 0 aromatic carbocycles. The maximum Gasteiger partial charge on any atom is 0.261 e. The molecule has 4 heterocycles. The van der Waals surface area contributed by atoms with Crippen LogP contribution in [0.5, 0.6) is 0 Å². The fraction of sp³-hybridized carbons (Fsp3) is 0.625. The number of fused-ring (bicyclic) bond motifs is 1. The summed E-state index contributed by atoms with van der Waals surface area (Å²) in [4.78, 5) is 4.27. The Morgan fingerprint density at radius 1 is 1.33 bits per heavy atom. The van der Waals surface area contributed by atoms with E-state index in [4.69, 9.17) is 0 Å². The van der Waals surface area contributed by atoms with E-state index in [1.165, 1.54) is 5.69 Å². The van der Waals surface area contributed by atoms with Gasteiger partial charge in [0.05, 0.1) is 18.4 Å². The molecule has 6 nitrogen and oxygen atoms in total. The lowest BCUT2D eigenvalue weighted by Gasteiger charge is -2.32. The Labute approximate surface area is 139 Å². The largest absolute Gasteiger partial charge is 0.296 e. The molecule has 0 bridgehead atoms. The molecule has 2 aromatic rings. The first kappa shape index (κ1) is 15.7. The van der Waals surface area contributed by atoms with Crippen LogP contribution in [0.2, 0.25) is 0 Å². The van der Waals surface area contributed by atoms with Gasteiger partial charge in [0, 0.05) is 63.1 Å². The zero-order valence-electron chi connectivity index (χ0n) is 13.5. The van der Waals surface area contributed by atoms with Gasteiger partial charge in [-0.05, 0) is 12.5 Å². The van der Waals surface area contributed by atoms with Crippen LogP contribution in [0.3, 0.4) is 0 Å². The molecule has 0 spiro atoms. The second-order valence-electron chi connectivity index (χ2n) is 6.84. The Morgan fingerprint density at radius 3 is 3.00 bits per heavy atom. The predicted molar refractivity (Wildman–Crippen MR) is 84.5 cm³/mol. The summed E-state index contributed by atoms with van der Waals surface area (Å²) in [6.45, 7) is 3.41. The fourth-order valence-electron chi connectivity index (χ4n) is 3.74. The van der Waals surface area contributed by atoms with Crippen LogP contribution in [-0.2, 0) is 19.6 Å². The summed E-state index contributed by atoms with van der Waals surface area (Å²) in [5.74, 6) is -2.53. The minimum absolute atomic E-state index is 0.0248. The number of aromatic amines is 1. The first-order valence-corrected chi connectivity index (χ1v) is 8.42. The summed E-state index contributed by atoms with van der Waals surface area (Å²) < 4.78 is 29.1. The van der Waals surface area contributed by atoms with Gasteiger partial charge in [-0.3, -0.25) is 19.6 Å². The normalized spacial score (nSPS) is 24.8. The summed E-state index contributed by atoms with van der Waals surface area (Å²) in [6, 6.07) is 2.27. The summed E-state index contributed by atoms with van der Waals surface area (Å²) in [7, 11) is 0. The average Bonchev–Trinajstić information content (AvgIpc) is 3.24. The summed E-state index contributed by atoms with van der Waals surface area (Å²) in [5.41, 5.74) is 2.28. The van der Waals surface area contributed by atoms with Crippen molar-refractivity contribution in [3.63, 3.8) is 0 Å². The molecule has 1 atom stereocenters. The number of hydrogen-bond donors (Lipinski definition) is 1. The number of halogens is 2. The monoisotopic (exact) mass is 336 g/mol. The number of nitrogens with zero attached hydrogens (tertiary/aromatic N) is 5. The van der Waals surface area contributed by atoms with Crippen molar-refractivity contribution >= 4 is 0 Å². The minimum Gasteiger partial charge on any atom is -0.296 e. The molecule has 1 saturated heterocycles. The molecule has 2 aliphatic heterocycles. The smallest absolute Gasteiger partial charge is 0.261 e. The number of nitrogens with one attached hydrogen (secondary N) is 1. The molecular weight excluding hydrogens is 314 g/mol. The quantitative estimate of drug-likeness (QED) is 0.924. The van der Waals surface area contributed by atoms with Crippen LogP contribution in [0.1, 0.15) is 24.1 Å². The lowest BCUT2D eigenvalue weighted by molar-refractivity contribution is 0.00864. The van der Waals surface area contributed by atoms with E-state index in [2.05, 4.69) is 20.2 Å². The number of aryl methyl sites for hydroxylation is 1. The van der Waals surface area contributed by atoms with Crippen molar-refractivity contribution in [3.05, 3.63) is 35.9 Å². The van der Waals surface area contributed by atoms with E-state index in [1.807, 2.05) is 34.2 Å². The zero-order chi connectivity index (χ0) is 16.6. The third-order valence-corrected chi connectivity index (χ3v) is 5.02. The Hall–Kier alpha value is -1.80. The van der Waals surface area contributed by atoms with E-state index in [0.29, 0.717) is 13.1 Å². The van der Waals surface area contributed by atoms with E-state index in [0.717, 1.165) is 31.6 Å². The van der Waals surface area contributed by atoms with Gasteiger partial charge in [0.1, 0.15) is 0 Å². The van der Waals surface area contributed by atoms with Gasteiger partial charge in [-0.25, -0.2) is 8.78 Å². The molecule has 0 unspecified atom stereocenters. The van der Waals surface area contributed by atoms with Gasteiger partial charge in [-0.2, -0.15) is 10.2 Å². The van der Waals surface area contributed by atoms with Crippen LogP contribution in [0.15, 0.2) is 24.7 Å². The number of alkyl halides is 2. The van der Waals surface area contributed by atoms with Gasteiger partial charge < -0.3 is 0 Å². The highest BCUT2D eigenvalue weighted by Crippen LogP contribution is 2.28. The highest BCUT2D eigenvalue weighted by molar-refractivity contribution is 5.07. The van der Waals surface area contributed by atoms with Gasteiger partial charge in [0.2, 0.25) is 0 Å². The highest BCUT2D eigenvalue weighted by atomic mass is 19.3. The molecule has 1 fully saturated rings. The van der Waals surface area contributed by atoms with Gasteiger partial charge in [-0.1, -0.05) is 0 Å². The maximum absolute atomic E-state index is 13.5. The number of H-pyrrole nitrogens is 1. The number of hydrogen-bond acceptors (Lipinski definition) is 4. The minimum atomic E-state index is -2.53. The molecule has 0 aliphatic carbocycles. The van der Waals surface area contributed by atoms with Gasteiger partial charge in [0.25, 0.3) is 5.92 Å². The molecule has 0 amide bonds. The third-order valence-electron chi connectivity index (χ3n) is 5.02. The van der Waals surface area contributed by atoms with Crippen molar-refractivity contribution in [2.24, 2.45) is 0 Å². The summed E-state index contributed by atoms with van der Waals surface area (Å²) >= 11 is 0. The molecule has 8 heteroatoms. The fourth-order valence-corrected chi connectivity index (χ4v) is 3.74. The average molecular weight is 336 g/mol. The van der Waals surface area contributed by atoms with Crippen LogP contribution >= 0.6 is 0 Å². The van der Waals surface area contributed by atoms with Crippen LogP contribution < -0.4 is 0 Å². The Kier molecular flexibility index (Phi) is 4.09. The number of aromatic nitrogens is 4. The van der Waals surface area contributed by atoms with Crippen molar-refractivity contribution < 1.29 is 8.78 Å². The summed E-state index contributed by atoms with van der Waals surface area (Å²) in [6.07, 6.45) is 6.43. The molecular formula is C16H22F2N6. The Bertz CT molecular complexity index is 668. The predicted octanol–water partition coefficient (Wildman–Crippen LogP) is 1.72. The SMILES string of the molecule is FC1(F)CCN(C[C@H]2CCn3nccc3CN2Cc2cn[nH]c2)C1. The summed E-state index contributed by atoms with van der Waals surface area (Å²) in [5, 5.41) is 11.2. The highest BCUT2D eigenvalue weighted by Gasteiger charge is 2.39. The maximum atomic E-state index is 13.5. The molecule has 2 aliphatic rings. The molecule has 1 N–H and O–H groups in total. The van der Waals surface area contributed by atoms with Gasteiger partial charge in [-0.15, -0.1) is 0 Å². The number of likely N-dealkylation sites (tertiary alicyclic amines) is 1. The van der Waals surface area contributed by atoms with E-state index in [1.54, 1.807) is 0 Å². The van der Waals surface area contributed by atoms with E-state index < -0.39 is 5.92 Å². The third kappa shape index (κ3) is 3.34. The van der Waals surface area contributed by atoms with E-state index >= 15 is 0 Å². The Balaban J connectivity index is 1.50. The lowest BCUT2D eigenvalue weighted by Crippen LogP contribution is -2.42. The van der Waals surface area contributed by atoms with Crippen LogP contribution in [0.25, 0.3) is 0 Å². The van der Waals surface area contributed by atoms with Crippen molar-refractivity contribution in [3.8, 4) is 0 Å². The van der Waals surface area contributed by atoms with Crippen molar-refractivity contribution in [1.29, 1.82) is 0 Å². The van der Waals surface area contributed by atoms with Gasteiger partial charge >= 0.3 is 0 Å². The van der Waals surface area contributed by atoms with E-state index in [9.17, 15) is 8.78 Å². The van der Waals surface area contributed by atoms with Crippen molar-refractivity contribution in [2.75, 3.05) is 19.6 Å².